The van der Waals surface area contributed by atoms with Crippen LogP contribution in [0.25, 0.3) is 5.65 Å². The van der Waals surface area contributed by atoms with Crippen molar-refractivity contribution in [1.82, 2.24) is 24.4 Å². The van der Waals surface area contributed by atoms with Gasteiger partial charge in [0.25, 0.3) is 0 Å². The molecule has 0 unspecified atom stereocenters. The second-order valence-corrected chi connectivity index (χ2v) is 6.93. The maximum atomic E-state index is 11.6. The molecule has 0 aromatic carbocycles. The summed E-state index contributed by atoms with van der Waals surface area (Å²) in [4.78, 5) is 8.27. The monoisotopic (exact) mass is 311 g/mol. The minimum absolute atomic E-state index is 0.0315. The summed E-state index contributed by atoms with van der Waals surface area (Å²) in [7, 11) is -3.15. The number of nitrogens with zero attached hydrogens (tertiary/aromatic N) is 3. The van der Waals surface area contributed by atoms with Gasteiger partial charge in [-0.25, -0.2) is 18.1 Å². The van der Waals surface area contributed by atoms with E-state index in [1.807, 2.05) is 24.4 Å². The van der Waals surface area contributed by atoms with Gasteiger partial charge in [0.15, 0.2) is 5.65 Å². The van der Waals surface area contributed by atoms with Crippen LogP contribution in [0.5, 0.6) is 0 Å². The Labute approximate surface area is 124 Å². The molecule has 0 aliphatic heterocycles. The SMILES string of the molecule is CCCS(=O)(=O)NC[C@H](C)NCc1cnc2cnccn12. The van der Waals surface area contributed by atoms with Crippen LogP contribution in [0.3, 0.4) is 0 Å². The fraction of sp³-hybridized carbons (Fsp3) is 0.538. The van der Waals surface area contributed by atoms with E-state index in [0.29, 0.717) is 19.5 Å². The quantitative estimate of drug-likeness (QED) is 0.743. The summed E-state index contributed by atoms with van der Waals surface area (Å²) in [5.74, 6) is 0.167. The number of hydrogen-bond donors (Lipinski definition) is 2. The molecule has 0 radical (unpaired) electrons. The maximum Gasteiger partial charge on any atom is 0.211 e. The van der Waals surface area contributed by atoms with Gasteiger partial charge >= 0.3 is 0 Å². The van der Waals surface area contributed by atoms with Crippen LogP contribution in [0.4, 0.5) is 0 Å². The van der Waals surface area contributed by atoms with Gasteiger partial charge in [-0.05, 0) is 13.3 Å². The van der Waals surface area contributed by atoms with Gasteiger partial charge in [0.2, 0.25) is 10.0 Å². The van der Waals surface area contributed by atoms with Gasteiger partial charge in [-0.1, -0.05) is 6.92 Å². The van der Waals surface area contributed by atoms with Crippen molar-refractivity contribution in [2.24, 2.45) is 0 Å². The van der Waals surface area contributed by atoms with Crippen molar-refractivity contribution < 1.29 is 8.42 Å². The molecule has 7 nitrogen and oxygen atoms in total. The van der Waals surface area contributed by atoms with Gasteiger partial charge in [0, 0.05) is 31.5 Å². The van der Waals surface area contributed by atoms with Gasteiger partial charge in [0.1, 0.15) is 0 Å². The minimum atomic E-state index is -3.15. The zero-order chi connectivity index (χ0) is 15.3. The lowest BCUT2D eigenvalue weighted by molar-refractivity contribution is 0.519. The summed E-state index contributed by atoms with van der Waals surface area (Å²) in [6, 6.07) is 0.0315. The van der Waals surface area contributed by atoms with Crippen molar-refractivity contribution in [2.45, 2.75) is 32.9 Å². The van der Waals surface area contributed by atoms with E-state index in [-0.39, 0.29) is 11.8 Å². The molecular weight excluding hydrogens is 290 g/mol. The third-order valence-electron chi connectivity index (χ3n) is 3.11. The maximum absolute atomic E-state index is 11.6. The number of sulfonamides is 1. The Balaban J connectivity index is 1.85. The molecule has 1 atom stereocenters. The van der Waals surface area contributed by atoms with Crippen LogP contribution in [0.15, 0.2) is 24.8 Å². The second kappa shape index (κ2) is 6.97. The van der Waals surface area contributed by atoms with Crippen molar-refractivity contribution in [3.05, 3.63) is 30.5 Å². The highest BCUT2D eigenvalue weighted by molar-refractivity contribution is 7.89. The molecule has 0 aliphatic rings. The standard InChI is InChI=1S/C13H21N5O2S/c1-3-6-21(19,20)17-7-11(2)15-8-12-9-16-13-10-14-4-5-18(12)13/h4-5,9-11,15,17H,3,6-8H2,1-2H3/t11-/m0/s1. The van der Waals surface area contributed by atoms with Gasteiger partial charge in [-0.2, -0.15) is 0 Å². The van der Waals surface area contributed by atoms with Crippen molar-refractivity contribution in [2.75, 3.05) is 12.3 Å². The van der Waals surface area contributed by atoms with Crippen LogP contribution in [-0.4, -0.2) is 41.1 Å². The predicted molar refractivity (Wildman–Crippen MR) is 81.4 cm³/mol. The van der Waals surface area contributed by atoms with Crippen molar-refractivity contribution in [3.63, 3.8) is 0 Å². The summed E-state index contributed by atoms with van der Waals surface area (Å²) in [6.45, 7) is 4.78. The summed E-state index contributed by atoms with van der Waals surface area (Å²) in [6.07, 6.45) is 7.67. The van der Waals surface area contributed by atoms with Crippen LogP contribution in [0.1, 0.15) is 26.0 Å². The molecule has 0 saturated heterocycles. The van der Waals surface area contributed by atoms with E-state index < -0.39 is 10.0 Å². The molecule has 0 spiro atoms. The first-order valence-corrected chi connectivity index (χ1v) is 8.63. The molecule has 2 rings (SSSR count). The van der Waals surface area contributed by atoms with E-state index in [1.165, 1.54) is 0 Å². The molecule has 2 heterocycles. The molecule has 2 aromatic rings. The lowest BCUT2D eigenvalue weighted by Gasteiger charge is -2.14. The second-order valence-electron chi connectivity index (χ2n) is 5.00. The highest BCUT2D eigenvalue weighted by Crippen LogP contribution is 2.04. The minimum Gasteiger partial charge on any atom is -0.307 e. The summed E-state index contributed by atoms with van der Waals surface area (Å²) >= 11 is 0. The molecule has 21 heavy (non-hydrogen) atoms. The Morgan fingerprint density at radius 3 is 2.95 bits per heavy atom. The number of rotatable bonds is 8. The molecule has 0 saturated carbocycles. The molecule has 0 aliphatic carbocycles. The third-order valence-corrected chi connectivity index (χ3v) is 4.66. The predicted octanol–water partition coefficient (Wildman–Crippen LogP) is 0.537. The summed E-state index contributed by atoms with van der Waals surface area (Å²) in [5.41, 5.74) is 1.81. The van der Waals surface area contributed by atoms with Crippen LogP contribution in [0, 0.1) is 0 Å². The fourth-order valence-electron chi connectivity index (χ4n) is 1.97. The van der Waals surface area contributed by atoms with Gasteiger partial charge in [-0.15, -0.1) is 0 Å². The zero-order valence-electron chi connectivity index (χ0n) is 12.3. The van der Waals surface area contributed by atoms with E-state index in [1.54, 1.807) is 18.6 Å². The number of fused-ring (bicyclic) bond motifs is 1. The average Bonchev–Trinajstić information content (AvgIpc) is 2.86. The van der Waals surface area contributed by atoms with E-state index in [0.717, 1.165) is 11.3 Å². The Hall–Kier alpha value is -1.51. The van der Waals surface area contributed by atoms with Gasteiger partial charge in [0.05, 0.1) is 23.8 Å². The van der Waals surface area contributed by atoms with Crippen LogP contribution in [0.2, 0.25) is 0 Å². The highest BCUT2D eigenvalue weighted by atomic mass is 32.2. The summed E-state index contributed by atoms with van der Waals surface area (Å²) in [5, 5.41) is 3.28. The molecular formula is C13H21N5O2S. The molecule has 116 valence electrons. The normalized spacial score (nSPS) is 13.6. The van der Waals surface area contributed by atoms with Crippen LogP contribution >= 0.6 is 0 Å². The lowest BCUT2D eigenvalue weighted by Crippen LogP contribution is -2.39. The smallest absolute Gasteiger partial charge is 0.211 e. The van der Waals surface area contributed by atoms with E-state index in [2.05, 4.69) is 20.0 Å². The van der Waals surface area contributed by atoms with Crippen LogP contribution in [-0.2, 0) is 16.6 Å². The number of hydrogen-bond acceptors (Lipinski definition) is 5. The molecule has 0 bridgehead atoms. The lowest BCUT2D eigenvalue weighted by atomic mass is 10.3. The van der Waals surface area contributed by atoms with Gasteiger partial charge < -0.3 is 5.32 Å². The number of imidazole rings is 1. The first-order chi connectivity index (χ1) is 10.0. The van der Waals surface area contributed by atoms with Crippen LogP contribution < -0.4 is 10.0 Å². The zero-order valence-corrected chi connectivity index (χ0v) is 13.1. The highest BCUT2D eigenvalue weighted by Gasteiger charge is 2.11. The van der Waals surface area contributed by atoms with E-state index >= 15 is 0 Å². The molecule has 0 amide bonds. The molecule has 2 N–H and O–H groups in total. The fourth-order valence-corrected chi connectivity index (χ4v) is 3.16. The number of aromatic nitrogens is 3. The van der Waals surface area contributed by atoms with E-state index in [4.69, 9.17) is 0 Å². The van der Waals surface area contributed by atoms with Crippen molar-refractivity contribution in [1.29, 1.82) is 0 Å². The molecule has 0 fully saturated rings. The Morgan fingerprint density at radius 2 is 2.19 bits per heavy atom. The average molecular weight is 311 g/mol. The summed E-state index contributed by atoms with van der Waals surface area (Å²) < 4.78 is 27.7. The van der Waals surface area contributed by atoms with Gasteiger partial charge in [-0.3, -0.25) is 9.38 Å². The first kappa shape index (κ1) is 15.9. The Kier molecular flexibility index (Phi) is 5.27. The largest absolute Gasteiger partial charge is 0.307 e. The molecule has 2 aromatic heterocycles. The third kappa shape index (κ3) is 4.48. The molecule has 8 heteroatoms. The topological polar surface area (TPSA) is 88.4 Å². The number of nitrogens with one attached hydrogen (secondary N) is 2. The Morgan fingerprint density at radius 1 is 1.38 bits per heavy atom. The first-order valence-electron chi connectivity index (χ1n) is 6.98. The van der Waals surface area contributed by atoms with Crippen molar-refractivity contribution in [3.8, 4) is 0 Å². The Bertz CT molecular complexity index is 683. The van der Waals surface area contributed by atoms with Crippen molar-refractivity contribution >= 4 is 15.7 Å². The van der Waals surface area contributed by atoms with E-state index in [9.17, 15) is 8.42 Å².